The number of Topliss-reactive ketones (excluding diaryl/α,β-unsaturated/α-hetero) is 1. The summed E-state index contributed by atoms with van der Waals surface area (Å²) in [6.07, 6.45) is -0.258. The van der Waals surface area contributed by atoms with Gasteiger partial charge in [-0.1, -0.05) is 5.16 Å². The molecule has 166 valence electrons. The molecule has 0 aliphatic carbocycles. The smallest absolute Gasteiger partial charge is 0.370 e. The van der Waals surface area contributed by atoms with E-state index in [2.05, 4.69) is 10.1 Å². The lowest BCUT2D eigenvalue weighted by Crippen LogP contribution is -2.80. The monoisotopic (exact) mass is 470 g/mol. The van der Waals surface area contributed by atoms with Crippen molar-refractivity contribution in [3.05, 3.63) is 11.1 Å². The molecule has 0 saturated carbocycles. The molecule has 12 nitrogen and oxygen atoms in total. The highest BCUT2D eigenvalue weighted by Gasteiger charge is 2.71. The molecule has 1 amide bonds. The molecule has 0 radical (unpaired) electrons. The maximum absolute atomic E-state index is 12.9. The summed E-state index contributed by atoms with van der Waals surface area (Å²) in [7, 11) is -0.392. The van der Waals surface area contributed by atoms with E-state index in [9.17, 15) is 28.5 Å². The largest absolute Gasteiger partial charge is 0.477 e. The summed E-state index contributed by atoms with van der Waals surface area (Å²) in [5.74, 6) is -5.45. The molecule has 3 N–H and O–H groups in total. The van der Waals surface area contributed by atoms with Crippen LogP contribution >= 0.6 is 11.3 Å². The van der Waals surface area contributed by atoms with E-state index in [-0.39, 0.29) is 41.6 Å². The fourth-order valence-corrected chi connectivity index (χ4v) is 6.85. The van der Waals surface area contributed by atoms with Gasteiger partial charge in [0.25, 0.3) is 5.72 Å². The van der Waals surface area contributed by atoms with Gasteiger partial charge in [-0.2, -0.15) is 0 Å². The molecule has 4 heterocycles. The Kier molecular flexibility index (Phi) is 5.29. The Bertz CT molecular complexity index is 1040. The summed E-state index contributed by atoms with van der Waals surface area (Å²) < 4.78 is 18.0. The Balaban J connectivity index is 1.61. The third-order valence-electron chi connectivity index (χ3n) is 5.59. The molecule has 5 atom stereocenters. The number of aromatic nitrogens is 1. The quantitative estimate of drug-likeness (QED) is 0.234. The van der Waals surface area contributed by atoms with Gasteiger partial charge in [-0.3, -0.25) is 23.5 Å². The molecule has 3 aliphatic rings. The van der Waals surface area contributed by atoms with Crippen LogP contribution < -0.4 is 5.73 Å². The predicted molar refractivity (Wildman–Crippen MR) is 106 cm³/mol. The summed E-state index contributed by atoms with van der Waals surface area (Å²) in [5.41, 5.74) is 3.42. The van der Waals surface area contributed by atoms with E-state index in [1.54, 1.807) is 0 Å². The number of carboxylic acids is 1. The Hall–Kier alpha value is -2.87. The molecule has 0 bridgehead atoms. The first-order chi connectivity index (χ1) is 14.7. The van der Waals surface area contributed by atoms with E-state index in [0.717, 1.165) is 16.2 Å². The number of carboxylic acid groups (broad SMARTS) is 1. The van der Waals surface area contributed by atoms with Gasteiger partial charge in [0.1, 0.15) is 18.2 Å². The highest BCUT2D eigenvalue weighted by atomic mass is 32.2. The minimum Gasteiger partial charge on any atom is -0.477 e. The van der Waals surface area contributed by atoms with Gasteiger partial charge >= 0.3 is 11.9 Å². The summed E-state index contributed by atoms with van der Waals surface area (Å²) in [6, 6.07) is 0. The number of nitrogens with two attached hydrogens (primary N) is 1. The molecule has 0 unspecified atom stereocenters. The number of esters is 1. The number of ether oxygens (including phenoxy) is 1. The number of β-lactam (4-membered cyclic amide) rings is 1. The zero-order valence-corrected chi connectivity index (χ0v) is 17.8. The predicted octanol–water partition coefficient (Wildman–Crippen LogP) is -0.684. The van der Waals surface area contributed by atoms with Gasteiger partial charge in [-0.05, 0) is 6.42 Å². The lowest BCUT2D eigenvalue weighted by molar-refractivity contribution is -0.242. The lowest BCUT2D eigenvalue weighted by atomic mass is 9.81. The fraction of sp³-hybridized carbons (Fsp3) is 0.529. The number of anilines is 1. The molecular weight excluding hydrogens is 452 g/mol. The number of carbonyl (C=O) groups excluding carboxylic acids is 3. The number of hydrogen-bond acceptors (Lipinski definition) is 11. The second kappa shape index (κ2) is 7.67. The standard InChI is InChI=1S/C17H18N4O8S2/c1-28-20-12(9-5-30-16(18)19-9)10(22)4-8-13(24)21-14(8)31(27)6-7-2-3-11(23)29-17(7,21)15(25)26/h5,7-8,14H,2-4,6H2,1H3,(H2,18,19)(H,25,26)/b20-12-/t7-,8+,14+,17+,31-/m0/s1. The molecule has 0 aromatic carbocycles. The minimum atomic E-state index is -2.20. The first-order valence-electron chi connectivity index (χ1n) is 9.22. The van der Waals surface area contributed by atoms with Crippen molar-refractivity contribution in [2.45, 2.75) is 30.4 Å². The average Bonchev–Trinajstić information content (AvgIpc) is 3.14. The molecule has 3 fully saturated rings. The molecule has 3 aliphatic heterocycles. The van der Waals surface area contributed by atoms with Crippen molar-refractivity contribution in [2.75, 3.05) is 18.6 Å². The van der Waals surface area contributed by atoms with Crippen LogP contribution in [0.4, 0.5) is 5.13 Å². The van der Waals surface area contributed by atoms with Crippen molar-refractivity contribution in [2.24, 2.45) is 17.0 Å². The van der Waals surface area contributed by atoms with Crippen LogP contribution in [-0.4, -0.2) is 72.5 Å². The van der Waals surface area contributed by atoms with E-state index in [1.165, 1.54) is 12.5 Å². The molecular formula is C17H18N4O8S2. The van der Waals surface area contributed by atoms with Crippen molar-refractivity contribution in [1.82, 2.24) is 9.88 Å². The number of rotatable bonds is 6. The maximum Gasteiger partial charge on any atom is 0.370 e. The molecule has 1 aromatic heterocycles. The summed E-state index contributed by atoms with van der Waals surface area (Å²) in [6.45, 7) is 0. The molecule has 14 heteroatoms. The number of hydrogen-bond donors (Lipinski definition) is 2. The third-order valence-corrected chi connectivity index (χ3v) is 8.07. The molecule has 4 rings (SSSR count). The van der Waals surface area contributed by atoms with Gasteiger partial charge in [0.05, 0.1) is 5.92 Å². The SMILES string of the molecule is CO/N=C(\C(=O)C[C@@H]1C(=O)N2[C@@H]1[S@@](=O)C[C@@H]1CCC(=O)O[C@@]12C(=O)O)c1csc(N)n1. The fourth-order valence-electron chi connectivity index (χ4n) is 4.25. The van der Waals surface area contributed by atoms with Gasteiger partial charge in [-0.25, -0.2) is 9.78 Å². The number of carbonyl (C=O) groups is 4. The third kappa shape index (κ3) is 3.20. The number of aliphatic carboxylic acids is 1. The summed E-state index contributed by atoms with van der Waals surface area (Å²) >= 11 is 1.09. The number of nitrogens with zero attached hydrogens (tertiary/aromatic N) is 3. The Morgan fingerprint density at radius 1 is 1.52 bits per heavy atom. The molecule has 0 spiro atoms. The van der Waals surface area contributed by atoms with E-state index < -0.39 is 57.4 Å². The van der Waals surface area contributed by atoms with Gasteiger partial charge in [0.15, 0.2) is 16.6 Å². The Morgan fingerprint density at radius 3 is 2.87 bits per heavy atom. The Morgan fingerprint density at radius 2 is 2.26 bits per heavy atom. The van der Waals surface area contributed by atoms with Crippen molar-refractivity contribution in [3.63, 3.8) is 0 Å². The van der Waals surface area contributed by atoms with Crippen LogP contribution in [0, 0.1) is 11.8 Å². The zero-order chi connectivity index (χ0) is 22.5. The van der Waals surface area contributed by atoms with Gasteiger partial charge in [0, 0.05) is 40.7 Å². The van der Waals surface area contributed by atoms with Gasteiger partial charge < -0.3 is 20.4 Å². The summed E-state index contributed by atoms with van der Waals surface area (Å²) in [4.78, 5) is 59.4. The van der Waals surface area contributed by atoms with E-state index >= 15 is 0 Å². The number of oxime groups is 1. The van der Waals surface area contributed by atoms with Gasteiger partial charge in [-0.15, -0.1) is 11.3 Å². The van der Waals surface area contributed by atoms with Crippen LogP contribution in [0.2, 0.25) is 0 Å². The number of amides is 1. The first-order valence-corrected chi connectivity index (χ1v) is 11.5. The maximum atomic E-state index is 12.9. The molecule has 1 aromatic rings. The number of ketones is 1. The normalized spacial score (nSPS) is 32.4. The van der Waals surface area contributed by atoms with Crippen LogP contribution in [0.25, 0.3) is 0 Å². The van der Waals surface area contributed by atoms with Crippen molar-refractivity contribution >= 4 is 56.6 Å². The average molecular weight is 470 g/mol. The lowest BCUT2D eigenvalue weighted by Gasteiger charge is -2.59. The van der Waals surface area contributed by atoms with Crippen molar-refractivity contribution < 1.29 is 38.1 Å². The number of fused-ring (bicyclic) bond motifs is 3. The molecule has 3 saturated heterocycles. The van der Waals surface area contributed by atoms with Crippen LogP contribution in [-0.2, 0) is 39.6 Å². The highest BCUT2D eigenvalue weighted by Crippen LogP contribution is 2.49. The minimum absolute atomic E-state index is 0.0148. The van der Waals surface area contributed by atoms with E-state index in [0.29, 0.717) is 0 Å². The number of thiazole rings is 1. The second-order valence-electron chi connectivity index (χ2n) is 7.28. The van der Waals surface area contributed by atoms with Crippen LogP contribution in [0.15, 0.2) is 10.5 Å². The number of nitrogen functional groups attached to an aromatic ring is 1. The Labute approximate surface area is 181 Å². The van der Waals surface area contributed by atoms with E-state index in [4.69, 9.17) is 15.3 Å². The first kappa shape index (κ1) is 21.4. The second-order valence-corrected chi connectivity index (χ2v) is 9.75. The highest BCUT2D eigenvalue weighted by molar-refractivity contribution is 7.85. The zero-order valence-electron chi connectivity index (χ0n) is 16.2. The van der Waals surface area contributed by atoms with Crippen molar-refractivity contribution in [1.29, 1.82) is 0 Å². The van der Waals surface area contributed by atoms with Gasteiger partial charge in [0.2, 0.25) is 5.91 Å². The van der Waals surface area contributed by atoms with Crippen LogP contribution in [0.1, 0.15) is 25.0 Å². The van der Waals surface area contributed by atoms with Crippen LogP contribution in [0.5, 0.6) is 0 Å². The van der Waals surface area contributed by atoms with Crippen LogP contribution in [0.3, 0.4) is 0 Å². The molecule has 31 heavy (non-hydrogen) atoms. The van der Waals surface area contributed by atoms with Crippen molar-refractivity contribution in [3.8, 4) is 0 Å². The topological polar surface area (TPSA) is 179 Å². The van der Waals surface area contributed by atoms with E-state index in [1.807, 2.05) is 0 Å². The summed E-state index contributed by atoms with van der Waals surface area (Å²) in [5, 5.41) is 14.2.